The fourth-order valence-electron chi connectivity index (χ4n) is 1.67. The molecule has 1 aromatic heterocycles. The fourth-order valence-corrected chi connectivity index (χ4v) is 1.67. The summed E-state index contributed by atoms with van der Waals surface area (Å²) >= 11 is 0. The summed E-state index contributed by atoms with van der Waals surface area (Å²) in [4.78, 5) is 0. The molecule has 0 N–H and O–H groups in total. The van der Waals surface area contributed by atoms with E-state index in [1.807, 2.05) is 10.8 Å². The van der Waals surface area contributed by atoms with Crippen molar-refractivity contribution in [2.45, 2.75) is 52.9 Å². The molecule has 0 aliphatic heterocycles. The van der Waals surface area contributed by atoms with Crippen molar-refractivity contribution in [2.24, 2.45) is 0 Å². The summed E-state index contributed by atoms with van der Waals surface area (Å²) in [5, 5.41) is 4.29. The molecule has 0 fully saturated rings. The SMILES string of the molecule is CCCCC(=Bn1cc(C)cn1)CCC. The van der Waals surface area contributed by atoms with Gasteiger partial charge in [0, 0.05) is 0 Å². The standard InChI is InChI=1S/C12H21BN2/c1-4-6-8-12(7-5-2)13-15-10-11(3)9-14-15/h9-10H,4-8H2,1-3H3. The van der Waals surface area contributed by atoms with Gasteiger partial charge < -0.3 is 0 Å². The summed E-state index contributed by atoms with van der Waals surface area (Å²) in [6.07, 6.45) is 10.1. The van der Waals surface area contributed by atoms with E-state index in [1.54, 1.807) is 0 Å². The number of aryl methyl sites for hydroxylation is 1. The van der Waals surface area contributed by atoms with Gasteiger partial charge in [-0.1, -0.05) is 0 Å². The predicted molar refractivity (Wildman–Crippen MR) is 67.6 cm³/mol. The van der Waals surface area contributed by atoms with Crippen molar-refractivity contribution in [1.29, 1.82) is 0 Å². The minimum atomic E-state index is 1.19. The molecule has 1 aromatic rings. The minimum absolute atomic E-state index is 1.19. The van der Waals surface area contributed by atoms with Gasteiger partial charge in [-0.05, 0) is 0 Å². The van der Waals surface area contributed by atoms with Crippen LogP contribution in [0, 0.1) is 6.92 Å². The van der Waals surface area contributed by atoms with Gasteiger partial charge in [-0.3, -0.25) is 0 Å². The Hall–Kier alpha value is -0.855. The topological polar surface area (TPSA) is 17.8 Å². The van der Waals surface area contributed by atoms with Crippen LogP contribution >= 0.6 is 0 Å². The van der Waals surface area contributed by atoms with Gasteiger partial charge in [0.15, 0.2) is 0 Å². The Balaban J connectivity index is 2.64. The van der Waals surface area contributed by atoms with Crippen molar-refractivity contribution < 1.29 is 0 Å². The molecule has 2 nitrogen and oxygen atoms in total. The number of aromatic nitrogens is 2. The van der Waals surface area contributed by atoms with E-state index in [-0.39, 0.29) is 0 Å². The van der Waals surface area contributed by atoms with Crippen molar-refractivity contribution in [3.63, 3.8) is 0 Å². The van der Waals surface area contributed by atoms with Gasteiger partial charge in [-0.2, -0.15) is 0 Å². The molecule has 0 radical (unpaired) electrons. The zero-order valence-corrected chi connectivity index (χ0v) is 10.2. The van der Waals surface area contributed by atoms with Crippen LogP contribution in [-0.4, -0.2) is 22.2 Å². The molecule has 15 heavy (non-hydrogen) atoms. The number of nitrogens with zero attached hydrogens (tertiary/aromatic N) is 2. The van der Waals surface area contributed by atoms with Crippen LogP contribution in [0.2, 0.25) is 0 Å². The first-order chi connectivity index (χ1) is 7.26. The predicted octanol–water partition coefficient (Wildman–Crippen LogP) is 2.82. The second-order valence-electron chi connectivity index (χ2n) is 4.14. The van der Waals surface area contributed by atoms with Gasteiger partial charge in [-0.25, -0.2) is 0 Å². The van der Waals surface area contributed by atoms with Crippen molar-refractivity contribution in [3.8, 4) is 0 Å². The van der Waals surface area contributed by atoms with Gasteiger partial charge >= 0.3 is 93.0 Å². The maximum absolute atomic E-state index is 4.29. The zero-order chi connectivity index (χ0) is 11.1. The second-order valence-corrected chi connectivity index (χ2v) is 4.14. The maximum atomic E-state index is 4.29. The molecule has 0 saturated heterocycles. The van der Waals surface area contributed by atoms with E-state index in [9.17, 15) is 0 Å². The van der Waals surface area contributed by atoms with Gasteiger partial charge in [0.2, 0.25) is 0 Å². The van der Waals surface area contributed by atoms with Gasteiger partial charge in [0.25, 0.3) is 0 Å². The first-order valence-corrected chi connectivity index (χ1v) is 5.96. The Morgan fingerprint density at radius 2 is 2.13 bits per heavy atom. The van der Waals surface area contributed by atoms with E-state index in [1.165, 1.54) is 43.1 Å². The number of hydrogen-bond acceptors (Lipinski definition) is 1. The van der Waals surface area contributed by atoms with Crippen LogP contribution in [0.3, 0.4) is 0 Å². The molecule has 0 amide bonds. The summed E-state index contributed by atoms with van der Waals surface area (Å²) in [7, 11) is 2.19. The Kier molecular flexibility index (Phi) is 5.37. The zero-order valence-electron chi connectivity index (χ0n) is 10.2. The number of hydrogen-bond donors (Lipinski definition) is 0. The van der Waals surface area contributed by atoms with Crippen LogP contribution in [0.15, 0.2) is 12.4 Å². The summed E-state index contributed by atoms with van der Waals surface area (Å²) in [5.41, 5.74) is 2.74. The summed E-state index contributed by atoms with van der Waals surface area (Å²) in [6.45, 7) is 6.54. The molecule has 0 unspecified atom stereocenters. The van der Waals surface area contributed by atoms with Crippen LogP contribution in [0.1, 0.15) is 51.5 Å². The number of rotatable bonds is 6. The van der Waals surface area contributed by atoms with E-state index in [2.05, 4.69) is 39.1 Å². The van der Waals surface area contributed by atoms with Crippen LogP contribution in [0.5, 0.6) is 0 Å². The van der Waals surface area contributed by atoms with Gasteiger partial charge in [0.1, 0.15) is 0 Å². The summed E-state index contributed by atoms with van der Waals surface area (Å²) in [5.74, 6) is 0. The van der Waals surface area contributed by atoms with Gasteiger partial charge in [-0.15, -0.1) is 0 Å². The molecule has 1 heterocycles. The average Bonchev–Trinajstić information content (AvgIpc) is 2.61. The first kappa shape index (κ1) is 12.2. The Bertz CT molecular complexity index is 315. The number of unbranched alkanes of at least 4 members (excludes halogenated alkanes) is 1. The molecule has 0 aliphatic carbocycles. The van der Waals surface area contributed by atoms with Crippen molar-refractivity contribution >= 4 is 12.5 Å². The van der Waals surface area contributed by atoms with Crippen LogP contribution in [0.4, 0.5) is 0 Å². The molecule has 3 heteroatoms. The molecule has 0 saturated carbocycles. The molecular formula is C12H21BN2. The summed E-state index contributed by atoms with van der Waals surface area (Å²) < 4.78 is 1.94. The molecule has 0 aliphatic rings. The first-order valence-electron chi connectivity index (χ1n) is 5.96. The third-order valence-corrected chi connectivity index (χ3v) is 2.47. The molecule has 0 aromatic carbocycles. The molecule has 0 bridgehead atoms. The Morgan fingerprint density at radius 1 is 1.33 bits per heavy atom. The summed E-state index contributed by atoms with van der Waals surface area (Å²) in [6, 6.07) is 0. The Labute approximate surface area is 93.6 Å². The normalized spacial score (nSPS) is 11.5. The van der Waals surface area contributed by atoms with Crippen LogP contribution in [0.25, 0.3) is 0 Å². The molecule has 82 valence electrons. The molecule has 0 spiro atoms. The van der Waals surface area contributed by atoms with Crippen molar-refractivity contribution in [1.82, 2.24) is 9.69 Å². The van der Waals surface area contributed by atoms with Crippen LogP contribution < -0.4 is 0 Å². The van der Waals surface area contributed by atoms with Crippen LogP contribution in [-0.2, 0) is 0 Å². The quantitative estimate of drug-likeness (QED) is 0.651. The average molecular weight is 204 g/mol. The third kappa shape index (κ3) is 4.45. The van der Waals surface area contributed by atoms with E-state index >= 15 is 0 Å². The van der Waals surface area contributed by atoms with E-state index < -0.39 is 0 Å². The second kappa shape index (κ2) is 6.60. The van der Waals surface area contributed by atoms with Crippen molar-refractivity contribution in [3.05, 3.63) is 18.0 Å². The molecular weight excluding hydrogens is 183 g/mol. The Morgan fingerprint density at radius 3 is 2.67 bits per heavy atom. The molecule has 0 atom stereocenters. The monoisotopic (exact) mass is 204 g/mol. The fraction of sp³-hybridized carbons (Fsp3) is 0.667. The van der Waals surface area contributed by atoms with Crippen molar-refractivity contribution in [2.75, 3.05) is 0 Å². The molecule has 1 rings (SSSR count). The van der Waals surface area contributed by atoms with E-state index in [0.717, 1.165) is 0 Å². The van der Waals surface area contributed by atoms with Gasteiger partial charge in [0.05, 0.1) is 0 Å². The van der Waals surface area contributed by atoms with E-state index in [4.69, 9.17) is 0 Å². The van der Waals surface area contributed by atoms with E-state index in [0.29, 0.717) is 0 Å². The third-order valence-electron chi connectivity index (χ3n) is 2.47.